The standard InChI is InChI=1S/C14H14N2OS/c1-9-14(18-16-15-9)13(17)12-7-3-6-11(8-12)10-4-2-5-10/h3,6-8,10H,2,4-5H2,1H3. The van der Waals surface area contributed by atoms with E-state index in [9.17, 15) is 4.79 Å². The zero-order chi connectivity index (χ0) is 12.5. The Morgan fingerprint density at radius 3 is 2.83 bits per heavy atom. The minimum Gasteiger partial charge on any atom is -0.288 e. The number of rotatable bonds is 3. The number of hydrogen-bond acceptors (Lipinski definition) is 4. The molecule has 0 saturated heterocycles. The smallest absolute Gasteiger partial charge is 0.206 e. The molecule has 0 unspecified atom stereocenters. The van der Waals surface area contributed by atoms with Gasteiger partial charge >= 0.3 is 0 Å². The van der Waals surface area contributed by atoms with Crippen molar-refractivity contribution in [1.29, 1.82) is 0 Å². The maximum Gasteiger partial charge on any atom is 0.206 e. The summed E-state index contributed by atoms with van der Waals surface area (Å²) in [6, 6.07) is 8.01. The molecule has 0 atom stereocenters. The zero-order valence-electron chi connectivity index (χ0n) is 10.2. The first-order valence-electron chi connectivity index (χ1n) is 6.19. The Kier molecular flexibility index (Phi) is 2.96. The van der Waals surface area contributed by atoms with Gasteiger partial charge in [0.2, 0.25) is 5.78 Å². The Balaban J connectivity index is 1.92. The lowest BCUT2D eigenvalue weighted by atomic mass is 9.79. The average molecular weight is 258 g/mol. The topological polar surface area (TPSA) is 42.9 Å². The summed E-state index contributed by atoms with van der Waals surface area (Å²) in [5.74, 6) is 0.696. The summed E-state index contributed by atoms with van der Waals surface area (Å²) in [6.45, 7) is 1.83. The van der Waals surface area contributed by atoms with Gasteiger partial charge in [-0.2, -0.15) is 0 Å². The molecule has 1 aliphatic carbocycles. The second-order valence-corrected chi connectivity index (χ2v) is 5.52. The highest BCUT2D eigenvalue weighted by molar-refractivity contribution is 7.08. The lowest BCUT2D eigenvalue weighted by Gasteiger charge is -2.26. The SMILES string of the molecule is Cc1nnsc1C(=O)c1cccc(C2CCC2)c1. The Bertz CT molecular complexity index is 587. The van der Waals surface area contributed by atoms with E-state index in [0.29, 0.717) is 10.8 Å². The third-order valence-corrected chi connectivity index (χ3v) is 4.41. The summed E-state index contributed by atoms with van der Waals surface area (Å²) in [7, 11) is 0. The van der Waals surface area contributed by atoms with Crippen molar-refractivity contribution in [3.8, 4) is 0 Å². The van der Waals surface area contributed by atoms with Crippen LogP contribution >= 0.6 is 11.5 Å². The van der Waals surface area contributed by atoms with Gasteiger partial charge in [0.05, 0.1) is 5.69 Å². The van der Waals surface area contributed by atoms with E-state index in [1.165, 1.54) is 36.4 Å². The van der Waals surface area contributed by atoms with E-state index >= 15 is 0 Å². The monoisotopic (exact) mass is 258 g/mol. The molecule has 3 rings (SSSR count). The van der Waals surface area contributed by atoms with Crippen molar-refractivity contribution in [1.82, 2.24) is 9.59 Å². The van der Waals surface area contributed by atoms with Crippen LogP contribution in [0.25, 0.3) is 0 Å². The molecule has 0 radical (unpaired) electrons. The summed E-state index contributed by atoms with van der Waals surface area (Å²) in [6.07, 6.45) is 3.80. The van der Waals surface area contributed by atoms with Gasteiger partial charge in [-0.15, -0.1) is 5.10 Å². The number of aryl methyl sites for hydroxylation is 1. The summed E-state index contributed by atoms with van der Waals surface area (Å²) < 4.78 is 3.82. The van der Waals surface area contributed by atoms with E-state index in [0.717, 1.165) is 11.3 Å². The van der Waals surface area contributed by atoms with Crippen LogP contribution in [0.4, 0.5) is 0 Å². The first kappa shape index (κ1) is 11.5. The predicted molar refractivity (Wildman–Crippen MR) is 71.1 cm³/mol. The molecule has 1 aromatic carbocycles. The van der Waals surface area contributed by atoms with Crippen LogP contribution in [-0.4, -0.2) is 15.4 Å². The van der Waals surface area contributed by atoms with E-state index in [-0.39, 0.29) is 5.78 Å². The second kappa shape index (κ2) is 4.61. The summed E-state index contributed by atoms with van der Waals surface area (Å²) in [5.41, 5.74) is 2.77. The number of benzene rings is 1. The van der Waals surface area contributed by atoms with Crippen molar-refractivity contribution in [3.63, 3.8) is 0 Å². The van der Waals surface area contributed by atoms with Gasteiger partial charge < -0.3 is 0 Å². The molecule has 0 amide bonds. The molecule has 92 valence electrons. The van der Waals surface area contributed by atoms with Gasteiger partial charge in [0.1, 0.15) is 4.88 Å². The molecule has 1 fully saturated rings. The quantitative estimate of drug-likeness (QED) is 0.793. The van der Waals surface area contributed by atoms with Crippen molar-refractivity contribution < 1.29 is 4.79 Å². The van der Waals surface area contributed by atoms with Crippen LogP contribution in [0.5, 0.6) is 0 Å². The normalized spacial score (nSPS) is 15.4. The lowest BCUT2D eigenvalue weighted by Crippen LogP contribution is -2.10. The highest BCUT2D eigenvalue weighted by Crippen LogP contribution is 2.36. The third-order valence-electron chi connectivity index (χ3n) is 3.58. The van der Waals surface area contributed by atoms with Crippen LogP contribution in [0.3, 0.4) is 0 Å². The van der Waals surface area contributed by atoms with Gasteiger partial charge in [-0.25, -0.2) is 0 Å². The Hall–Kier alpha value is -1.55. The van der Waals surface area contributed by atoms with Gasteiger partial charge in [-0.3, -0.25) is 4.79 Å². The highest BCUT2D eigenvalue weighted by Gasteiger charge is 2.21. The molecular formula is C14H14N2OS. The van der Waals surface area contributed by atoms with E-state index in [1.54, 1.807) is 0 Å². The number of aromatic nitrogens is 2. The average Bonchev–Trinajstić information content (AvgIpc) is 2.73. The number of nitrogens with zero attached hydrogens (tertiary/aromatic N) is 2. The number of hydrogen-bond donors (Lipinski definition) is 0. The van der Waals surface area contributed by atoms with Crippen LogP contribution in [0.1, 0.15) is 51.7 Å². The van der Waals surface area contributed by atoms with Crippen LogP contribution in [-0.2, 0) is 0 Å². The fraction of sp³-hybridized carbons (Fsp3) is 0.357. The summed E-state index contributed by atoms with van der Waals surface area (Å²) in [5, 5.41) is 3.90. The third kappa shape index (κ3) is 1.97. The van der Waals surface area contributed by atoms with Crippen molar-refractivity contribution in [2.75, 3.05) is 0 Å². The number of carbonyl (C=O) groups excluding carboxylic acids is 1. The predicted octanol–water partition coefficient (Wildman–Crippen LogP) is 3.35. The largest absolute Gasteiger partial charge is 0.288 e. The van der Waals surface area contributed by atoms with Crippen molar-refractivity contribution in [2.45, 2.75) is 32.1 Å². The van der Waals surface area contributed by atoms with Gasteiger partial charge in [0.25, 0.3) is 0 Å². The maximum atomic E-state index is 12.3. The molecule has 4 heteroatoms. The molecule has 1 heterocycles. The molecule has 0 bridgehead atoms. The summed E-state index contributed by atoms with van der Waals surface area (Å²) in [4.78, 5) is 13.0. The maximum absolute atomic E-state index is 12.3. The van der Waals surface area contributed by atoms with Crippen LogP contribution in [0, 0.1) is 6.92 Å². The second-order valence-electron chi connectivity index (χ2n) is 4.77. The molecule has 1 aliphatic rings. The fourth-order valence-corrected chi connectivity index (χ4v) is 2.86. The van der Waals surface area contributed by atoms with E-state index in [1.807, 2.05) is 25.1 Å². The zero-order valence-corrected chi connectivity index (χ0v) is 11.0. The van der Waals surface area contributed by atoms with Crippen LogP contribution in [0.15, 0.2) is 24.3 Å². The lowest BCUT2D eigenvalue weighted by molar-refractivity contribution is 0.104. The number of carbonyl (C=O) groups is 1. The molecule has 1 aromatic heterocycles. The first-order valence-corrected chi connectivity index (χ1v) is 6.96. The fourth-order valence-electron chi connectivity index (χ4n) is 2.25. The van der Waals surface area contributed by atoms with E-state index in [2.05, 4.69) is 15.7 Å². The Labute approximate surface area is 110 Å². The van der Waals surface area contributed by atoms with E-state index < -0.39 is 0 Å². The first-order chi connectivity index (χ1) is 8.75. The number of ketones is 1. The van der Waals surface area contributed by atoms with Crippen molar-refractivity contribution >= 4 is 17.3 Å². The molecule has 18 heavy (non-hydrogen) atoms. The molecule has 0 N–H and O–H groups in total. The van der Waals surface area contributed by atoms with Crippen LogP contribution in [0.2, 0.25) is 0 Å². The molecule has 0 aliphatic heterocycles. The summed E-state index contributed by atoms with van der Waals surface area (Å²) >= 11 is 1.18. The van der Waals surface area contributed by atoms with Crippen molar-refractivity contribution in [2.24, 2.45) is 0 Å². The Morgan fingerprint density at radius 2 is 2.22 bits per heavy atom. The molecule has 2 aromatic rings. The minimum atomic E-state index is 0.0451. The van der Waals surface area contributed by atoms with Gasteiger partial charge in [-0.05, 0) is 48.8 Å². The molecular weight excluding hydrogens is 244 g/mol. The van der Waals surface area contributed by atoms with Crippen LogP contribution < -0.4 is 0 Å². The van der Waals surface area contributed by atoms with Crippen molar-refractivity contribution in [3.05, 3.63) is 46.0 Å². The minimum absolute atomic E-state index is 0.0451. The Morgan fingerprint density at radius 1 is 1.39 bits per heavy atom. The van der Waals surface area contributed by atoms with Gasteiger partial charge in [0, 0.05) is 5.56 Å². The van der Waals surface area contributed by atoms with Gasteiger partial charge in [0.15, 0.2) is 0 Å². The molecule has 0 spiro atoms. The molecule has 3 nitrogen and oxygen atoms in total. The highest BCUT2D eigenvalue weighted by atomic mass is 32.1. The van der Waals surface area contributed by atoms with E-state index in [4.69, 9.17) is 0 Å². The van der Waals surface area contributed by atoms with Gasteiger partial charge in [-0.1, -0.05) is 29.1 Å². The molecule has 1 saturated carbocycles.